The number of nitrogens with two attached hydrogens (primary N) is 2. The van der Waals surface area contributed by atoms with Crippen LogP contribution in [0.15, 0.2) is 0 Å². The Bertz CT molecular complexity index is 520. The van der Waals surface area contributed by atoms with Gasteiger partial charge in [0.2, 0.25) is 11.8 Å². The van der Waals surface area contributed by atoms with Crippen molar-refractivity contribution in [2.75, 3.05) is 26.2 Å². The molecule has 2 fully saturated rings. The zero-order chi connectivity index (χ0) is 21.0. The molecule has 2 amide bonds. The summed E-state index contributed by atoms with van der Waals surface area (Å²) in [6.07, 6.45) is 2.86. The lowest BCUT2D eigenvalue weighted by Crippen LogP contribution is -2.51. The number of likely N-dealkylation sites (tertiary alicyclic amines) is 2. The van der Waals surface area contributed by atoms with E-state index in [0.29, 0.717) is 57.6 Å². The topological polar surface area (TPSA) is 110 Å². The molecule has 0 aliphatic carbocycles. The number of piperidine rings is 2. The third-order valence-corrected chi connectivity index (χ3v) is 6.42. The fourth-order valence-electron chi connectivity index (χ4n) is 4.09. The average Bonchev–Trinajstić information content (AvgIpc) is 2.71. The molecule has 0 spiro atoms. The van der Waals surface area contributed by atoms with Gasteiger partial charge in [0.25, 0.3) is 0 Å². The average molecular weight is 431 g/mol. The Morgan fingerprint density at radius 1 is 0.690 bits per heavy atom. The summed E-state index contributed by atoms with van der Waals surface area (Å²) in [6.45, 7) is 10.2. The van der Waals surface area contributed by atoms with Gasteiger partial charge in [-0.05, 0) is 37.5 Å². The molecule has 0 aromatic heterocycles. The molecule has 0 bridgehead atoms. The first kappa shape index (κ1) is 25.9. The second kappa shape index (κ2) is 11.3. The van der Waals surface area contributed by atoms with Crippen molar-refractivity contribution in [3.63, 3.8) is 0 Å². The van der Waals surface area contributed by atoms with Crippen LogP contribution in [0.4, 0.5) is 0 Å². The van der Waals surface area contributed by atoms with E-state index in [1.807, 2.05) is 37.5 Å². The van der Waals surface area contributed by atoms with Crippen molar-refractivity contribution in [1.29, 1.82) is 0 Å². The summed E-state index contributed by atoms with van der Waals surface area (Å²) in [6, 6.07) is -0.933. The van der Waals surface area contributed by atoms with Crippen LogP contribution in [0.25, 0.3) is 0 Å². The van der Waals surface area contributed by atoms with Crippen LogP contribution in [0, 0.1) is 23.7 Å². The molecule has 2 saturated heterocycles. The number of rotatable bonds is 6. The van der Waals surface area contributed by atoms with Gasteiger partial charge in [-0.25, -0.2) is 0 Å². The molecule has 2 aliphatic heterocycles. The van der Waals surface area contributed by atoms with Crippen LogP contribution in [0.1, 0.15) is 53.4 Å². The predicted molar refractivity (Wildman–Crippen MR) is 116 cm³/mol. The molecule has 29 heavy (non-hydrogen) atoms. The third kappa shape index (κ3) is 6.40. The van der Waals surface area contributed by atoms with Gasteiger partial charge >= 0.3 is 0 Å². The number of Topliss-reactive ketones (excluding diaryl/α,β-unsaturated/α-hetero) is 1. The largest absolute Gasteiger partial charge is 0.341 e. The van der Waals surface area contributed by atoms with Crippen molar-refractivity contribution in [1.82, 2.24) is 9.80 Å². The molecule has 4 N–H and O–H groups in total. The van der Waals surface area contributed by atoms with Crippen molar-refractivity contribution < 1.29 is 14.4 Å². The predicted octanol–water partition coefficient (Wildman–Crippen LogP) is 1.42. The Kier molecular flexibility index (Phi) is 10.1. The Morgan fingerprint density at radius 2 is 0.966 bits per heavy atom. The van der Waals surface area contributed by atoms with E-state index in [9.17, 15) is 14.4 Å². The molecule has 7 nitrogen and oxygen atoms in total. The van der Waals surface area contributed by atoms with Crippen LogP contribution >= 0.6 is 12.4 Å². The second-order valence-electron chi connectivity index (χ2n) is 9.14. The Balaban J connectivity index is 0.00000420. The highest BCUT2D eigenvalue weighted by molar-refractivity contribution is 5.86. The normalized spacial score (nSPS) is 21.1. The molecule has 8 heteroatoms. The SMILES string of the molecule is CC(C)[C@H](N)C(=O)N1CCC(C(=O)C2CCN(C(=O)[C@@H](N)C(C)C)CC2)CC1.Cl. The number of amides is 2. The number of ketones is 1. The van der Waals surface area contributed by atoms with E-state index in [1.54, 1.807) is 0 Å². The summed E-state index contributed by atoms with van der Waals surface area (Å²) in [5, 5.41) is 0. The smallest absolute Gasteiger partial charge is 0.239 e. The molecule has 2 aliphatic rings. The first-order chi connectivity index (χ1) is 13.1. The van der Waals surface area contributed by atoms with Crippen LogP contribution < -0.4 is 11.5 Å². The molecule has 0 radical (unpaired) electrons. The highest BCUT2D eigenvalue weighted by atomic mass is 35.5. The summed E-state index contributed by atoms with van der Waals surface area (Å²) >= 11 is 0. The fraction of sp³-hybridized carbons (Fsp3) is 0.857. The van der Waals surface area contributed by atoms with Gasteiger partial charge in [-0.1, -0.05) is 27.7 Å². The van der Waals surface area contributed by atoms with Crippen molar-refractivity contribution in [3.8, 4) is 0 Å². The van der Waals surface area contributed by atoms with Gasteiger partial charge in [-0.2, -0.15) is 0 Å². The zero-order valence-electron chi connectivity index (χ0n) is 18.3. The lowest BCUT2D eigenvalue weighted by Gasteiger charge is -2.37. The molecule has 168 valence electrons. The van der Waals surface area contributed by atoms with E-state index in [2.05, 4.69) is 0 Å². The van der Waals surface area contributed by atoms with Gasteiger partial charge in [-0.15, -0.1) is 12.4 Å². The van der Waals surface area contributed by atoms with Gasteiger partial charge in [0.05, 0.1) is 12.1 Å². The lowest BCUT2D eigenvalue weighted by molar-refractivity contribution is -0.140. The van der Waals surface area contributed by atoms with Crippen LogP contribution in [-0.4, -0.2) is 65.7 Å². The minimum Gasteiger partial charge on any atom is -0.341 e. The highest BCUT2D eigenvalue weighted by Gasteiger charge is 2.36. The van der Waals surface area contributed by atoms with Crippen molar-refractivity contribution in [2.24, 2.45) is 35.1 Å². The van der Waals surface area contributed by atoms with Crippen LogP contribution in [0.2, 0.25) is 0 Å². The first-order valence-corrected chi connectivity index (χ1v) is 10.8. The van der Waals surface area contributed by atoms with Crippen LogP contribution in [0.3, 0.4) is 0 Å². The summed E-state index contributed by atoms with van der Waals surface area (Å²) in [7, 11) is 0. The number of hydrogen-bond donors (Lipinski definition) is 2. The molecular weight excluding hydrogens is 392 g/mol. The molecule has 0 aromatic carbocycles. The van der Waals surface area contributed by atoms with Crippen LogP contribution in [-0.2, 0) is 14.4 Å². The van der Waals surface area contributed by atoms with Gasteiger partial charge in [0.15, 0.2) is 0 Å². The number of nitrogens with zero attached hydrogens (tertiary/aromatic N) is 2. The Morgan fingerprint density at radius 3 is 1.21 bits per heavy atom. The van der Waals surface area contributed by atoms with E-state index in [1.165, 1.54) is 0 Å². The summed E-state index contributed by atoms with van der Waals surface area (Å²) in [5.41, 5.74) is 12.0. The van der Waals surface area contributed by atoms with E-state index < -0.39 is 12.1 Å². The molecular formula is C21H39ClN4O3. The van der Waals surface area contributed by atoms with Crippen LogP contribution in [0.5, 0.6) is 0 Å². The van der Waals surface area contributed by atoms with E-state index in [0.717, 1.165) is 0 Å². The summed E-state index contributed by atoms with van der Waals surface area (Å²) in [4.78, 5) is 41.3. The number of carbonyl (C=O) groups is 3. The number of halogens is 1. The zero-order valence-corrected chi connectivity index (χ0v) is 19.1. The molecule has 0 unspecified atom stereocenters. The molecule has 2 atom stereocenters. The molecule has 0 aromatic rings. The monoisotopic (exact) mass is 430 g/mol. The van der Waals surface area contributed by atoms with E-state index in [-0.39, 0.29) is 47.9 Å². The number of hydrogen-bond acceptors (Lipinski definition) is 5. The molecule has 0 saturated carbocycles. The van der Waals surface area contributed by atoms with Crippen molar-refractivity contribution in [2.45, 2.75) is 65.5 Å². The van der Waals surface area contributed by atoms with Crippen molar-refractivity contribution >= 4 is 30.0 Å². The summed E-state index contributed by atoms with van der Waals surface area (Å²) in [5.74, 6) is 0.560. The third-order valence-electron chi connectivity index (χ3n) is 6.42. The van der Waals surface area contributed by atoms with E-state index in [4.69, 9.17) is 11.5 Å². The maximum atomic E-state index is 12.9. The molecule has 2 rings (SSSR count). The minimum atomic E-state index is -0.466. The van der Waals surface area contributed by atoms with Gasteiger partial charge in [0, 0.05) is 38.0 Å². The van der Waals surface area contributed by atoms with Gasteiger partial charge in [-0.3, -0.25) is 14.4 Å². The standard InChI is InChI=1S/C21H38N4O3.ClH/c1-13(2)17(22)20(27)24-9-5-15(6-10-24)19(26)16-7-11-25(12-8-16)21(28)18(23)14(3)4;/h13-18H,5-12,22-23H2,1-4H3;1H/t17-,18-;/m0./s1. The summed E-state index contributed by atoms with van der Waals surface area (Å²) < 4.78 is 0. The lowest BCUT2D eigenvalue weighted by atomic mass is 9.81. The fourth-order valence-corrected chi connectivity index (χ4v) is 4.09. The quantitative estimate of drug-likeness (QED) is 0.662. The maximum Gasteiger partial charge on any atom is 0.239 e. The maximum absolute atomic E-state index is 12.9. The molecule has 2 heterocycles. The first-order valence-electron chi connectivity index (χ1n) is 10.8. The Labute approximate surface area is 181 Å². The van der Waals surface area contributed by atoms with E-state index >= 15 is 0 Å². The van der Waals surface area contributed by atoms with Crippen molar-refractivity contribution in [3.05, 3.63) is 0 Å². The minimum absolute atomic E-state index is 0. The number of carbonyl (C=O) groups excluding carboxylic acids is 3. The second-order valence-corrected chi connectivity index (χ2v) is 9.14. The van der Waals surface area contributed by atoms with Gasteiger partial charge < -0.3 is 21.3 Å². The van der Waals surface area contributed by atoms with Gasteiger partial charge in [0.1, 0.15) is 5.78 Å². The highest BCUT2D eigenvalue weighted by Crippen LogP contribution is 2.28. The Hall–Kier alpha value is -1.18.